The van der Waals surface area contributed by atoms with Gasteiger partial charge < -0.3 is 5.32 Å². The predicted molar refractivity (Wildman–Crippen MR) is 52.5 cm³/mol. The predicted octanol–water partition coefficient (Wildman–Crippen LogP) is 0.840. The summed E-state index contributed by atoms with van der Waals surface area (Å²) in [5.74, 6) is 0.00599. The van der Waals surface area contributed by atoms with Crippen molar-refractivity contribution < 1.29 is 9.59 Å². The van der Waals surface area contributed by atoms with Gasteiger partial charge >= 0.3 is 6.03 Å². The van der Waals surface area contributed by atoms with Crippen LogP contribution in [0.2, 0.25) is 0 Å². The molecule has 0 aliphatic carbocycles. The molecule has 0 saturated carbocycles. The molecule has 1 aliphatic rings. The first kappa shape index (κ1) is 10.4. The number of amides is 3. The molecule has 1 saturated heterocycles. The number of urea groups is 1. The summed E-state index contributed by atoms with van der Waals surface area (Å²) in [4.78, 5) is 23.0. The van der Waals surface area contributed by atoms with E-state index >= 15 is 0 Å². The Morgan fingerprint density at radius 2 is 2.08 bits per heavy atom. The van der Waals surface area contributed by atoms with E-state index in [4.69, 9.17) is 0 Å². The summed E-state index contributed by atoms with van der Waals surface area (Å²) in [5, 5.41) is 2.50. The van der Waals surface area contributed by atoms with Crippen LogP contribution in [0, 0.1) is 5.92 Å². The van der Waals surface area contributed by atoms with E-state index in [-0.39, 0.29) is 17.9 Å². The number of hydrogen-bond acceptors (Lipinski definition) is 3. The molecule has 1 rings (SSSR count). The summed E-state index contributed by atoms with van der Waals surface area (Å²) < 4.78 is 0. The van der Waals surface area contributed by atoms with Crippen molar-refractivity contribution in [2.75, 3.05) is 6.54 Å². The minimum Gasteiger partial charge on any atom is -0.315 e. The van der Waals surface area contributed by atoms with Crippen LogP contribution in [0.1, 0.15) is 20.8 Å². The van der Waals surface area contributed by atoms with Crippen molar-refractivity contribution in [1.82, 2.24) is 10.2 Å². The first-order valence-electron chi connectivity index (χ1n) is 4.21. The third kappa shape index (κ3) is 1.96. The lowest BCUT2D eigenvalue weighted by atomic mass is 10.2. The number of hydrogen-bond donors (Lipinski definition) is 2. The van der Waals surface area contributed by atoms with Gasteiger partial charge in [-0.25, -0.2) is 4.79 Å². The second-order valence-corrected chi connectivity index (χ2v) is 4.71. The Morgan fingerprint density at radius 1 is 1.54 bits per heavy atom. The van der Waals surface area contributed by atoms with Gasteiger partial charge in [0.2, 0.25) is 0 Å². The highest BCUT2D eigenvalue weighted by molar-refractivity contribution is 7.82. The Labute approximate surface area is 83.1 Å². The number of thiol groups is 1. The number of carbonyl (C=O) groups is 2. The largest absolute Gasteiger partial charge is 0.325 e. The van der Waals surface area contributed by atoms with Crippen molar-refractivity contribution in [3.8, 4) is 0 Å². The minimum absolute atomic E-state index is 0.269. The van der Waals surface area contributed by atoms with Gasteiger partial charge in [-0.1, -0.05) is 13.8 Å². The molecule has 74 valence electrons. The van der Waals surface area contributed by atoms with Gasteiger partial charge in [-0.2, -0.15) is 0 Å². The van der Waals surface area contributed by atoms with E-state index in [1.54, 1.807) is 6.92 Å². The lowest BCUT2D eigenvalue weighted by molar-refractivity contribution is -0.128. The maximum Gasteiger partial charge on any atom is 0.325 e. The van der Waals surface area contributed by atoms with Crippen LogP contribution in [0.5, 0.6) is 0 Å². The van der Waals surface area contributed by atoms with E-state index < -0.39 is 4.87 Å². The monoisotopic (exact) mass is 202 g/mol. The lowest BCUT2D eigenvalue weighted by Gasteiger charge is -2.16. The van der Waals surface area contributed by atoms with Gasteiger partial charge in [-0.3, -0.25) is 9.69 Å². The Balaban J connectivity index is 2.77. The van der Waals surface area contributed by atoms with Gasteiger partial charge in [0.1, 0.15) is 0 Å². The van der Waals surface area contributed by atoms with Gasteiger partial charge in [-0.15, -0.1) is 12.6 Å². The SMILES string of the molecule is CC(C)CN1C(=O)NC(C)(S)C1=O. The summed E-state index contributed by atoms with van der Waals surface area (Å²) >= 11 is 4.06. The number of rotatable bonds is 2. The molecule has 1 fully saturated rings. The van der Waals surface area contributed by atoms with Crippen molar-refractivity contribution in [1.29, 1.82) is 0 Å². The van der Waals surface area contributed by atoms with Crippen molar-refractivity contribution in [3.63, 3.8) is 0 Å². The highest BCUT2D eigenvalue weighted by atomic mass is 32.1. The molecule has 5 heteroatoms. The highest BCUT2D eigenvalue weighted by Gasteiger charge is 2.45. The maximum atomic E-state index is 11.5. The van der Waals surface area contributed by atoms with Crippen LogP contribution >= 0.6 is 12.6 Å². The molecule has 13 heavy (non-hydrogen) atoms. The maximum absolute atomic E-state index is 11.5. The van der Waals surface area contributed by atoms with Crippen molar-refractivity contribution in [2.45, 2.75) is 25.6 Å². The van der Waals surface area contributed by atoms with Crippen molar-refractivity contribution in [2.24, 2.45) is 5.92 Å². The van der Waals surface area contributed by atoms with Gasteiger partial charge in [0.15, 0.2) is 4.87 Å². The molecule has 1 aliphatic heterocycles. The zero-order valence-electron chi connectivity index (χ0n) is 8.00. The van der Waals surface area contributed by atoms with E-state index in [0.717, 1.165) is 0 Å². The number of nitrogens with one attached hydrogen (secondary N) is 1. The molecule has 0 aromatic carbocycles. The molecule has 0 radical (unpaired) electrons. The van der Waals surface area contributed by atoms with Crippen LogP contribution in [-0.4, -0.2) is 28.3 Å². The minimum atomic E-state index is -1.04. The number of carbonyl (C=O) groups excluding carboxylic acids is 2. The molecule has 1 heterocycles. The average Bonchev–Trinajstić information content (AvgIpc) is 2.12. The summed E-state index contributed by atoms with van der Waals surface area (Å²) in [6, 6.07) is -0.351. The normalized spacial score (nSPS) is 28.5. The first-order chi connectivity index (χ1) is 5.84. The fourth-order valence-corrected chi connectivity index (χ4v) is 1.43. The molecule has 1 atom stereocenters. The van der Waals surface area contributed by atoms with Crippen LogP contribution in [-0.2, 0) is 4.79 Å². The second kappa shape index (κ2) is 3.21. The highest BCUT2D eigenvalue weighted by Crippen LogP contribution is 2.21. The van der Waals surface area contributed by atoms with Crippen LogP contribution in [0.4, 0.5) is 4.79 Å². The van der Waals surface area contributed by atoms with Crippen LogP contribution < -0.4 is 5.32 Å². The smallest absolute Gasteiger partial charge is 0.315 e. The van der Waals surface area contributed by atoms with Crippen LogP contribution in [0.3, 0.4) is 0 Å². The third-order valence-corrected chi connectivity index (χ3v) is 2.11. The van der Waals surface area contributed by atoms with Crippen LogP contribution in [0.15, 0.2) is 0 Å². The standard InChI is InChI=1S/C8H14N2O2S/c1-5(2)4-10-6(11)8(3,13)9-7(10)12/h5,13H,4H2,1-3H3,(H,9,12). The quantitative estimate of drug-likeness (QED) is 0.515. The zero-order valence-corrected chi connectivity index (χ0v) is 8.89. The topological polar surface area (TPSA) is 49.4 Å². The molecule has 1 unspecified atom stereocenters. The molecule has 3 amide bonds. The van der Waals surface area contributed by atoms with Crippen molar-refractivity contribution in [3.05, 3.63) is 0 Å². The van der Waals surface area contributed by atoms with E-state index in [9.17, 15) is 9.59 Å². The average molecular weight is 202 g/mol. The first-order valence-corrected chi connectivity index (χ1v) is 4.66. The summed E-state index contributed by atoms with van der Waals surface area (Å²) in [6.45, 7) is 5.93. The Kier molecular flexibility index (Phi) is 2.56. The second-order valence-electron chi connectivity index (χ2n) is 3.81. The Hall–Kier alpha value is -0.710. The fraction of sp³-hybridized carbons (Fsp3) is 0.750. The molecular weight excluding hydrogens is 188 g/mol. The molecule has 1 N–H and O–H groups in total. The molecular formula is C8H14N2O2S. The summed E-state index contributed by atoms with van der Waals surface area (Å²) in [6.07, 6.45) is 0. The zero-order chi connectivity index (χ0) is 10.2. The van der Waals surface area contributed by atoms with Gasteiger partial charge in [0.25, 0.3) is 5.91 Å². The van der Waals surface area contributed by atoms with E-state index in [1.165, 1.54) is 4.90 Å². The van der Waals surface area contributed by atoms with Gasteiger partial charge in [0.05, 0.1) is 0 Å². The van der Waals surface area contributed by atoms with Crippen LogP contribution in [0.25, 0.3) is 0 Å². The molecule has 0 aromatic rings. The van der Waals surface area contributed by atoms with E-state index in [2.05, 4.69) is 17.9 Å². The molecule has 0 spiro atoms. The van der Waals surface area contributed by atoms with E-state index in [1.807, 2.05) is 13.8 Å². The number of nitrogens with zero attached hydrogens (tertiary/aromatic N) is 1. The van der Waals surface area contributed by atoms with Gasteiger partial charge in [0, 0.05) is 6.54 Å². The fourth-order valence-electron chi connectivity index (χ4n) is 1.22. The molecule has 4 nitrogen and oxygen atoms in total. The lowest BCUT2D eigenvalue weighted by Crippen LogP contribution is -2.38. The number of imide groups is 1. The van der Waals surface area contributed by atoms with E-state index in [0.29, 0.717) is 6.54 Å². The van der Waals surface area contributed by atoms with Crippen molar-refractivity contribution >= 4 is 24.6 Å². The van der Waals surface area contributed by atoms with Gasteiger partial charge in [-0.05, 0) is 12.8 Å². The molecule has 0 aromatic heterocycles. The Bertz CT molecular complexity index is 251. The summed E-state index contributed by atoms with van der Waals surface area (Å²) in [5.41, 5.74) is 0. The summed E-state index contributed by atoms with van der Waals surface area (Å²) in [7, 11) is 0. The Morgan fingerprint density at radius 3 is 2.38 bits per heavy atom. The molecule has 0 bridgehead atoms. The third-order valence-electron chi connectivity index (χ3n) is 1.80.